The summed E-state index contributed by atoms with van der Waals surface area (Å²) < 4.78 is 0. The summed E-state index contributed by atoms with van der Waals surface area (Å²) in [4.78, 5) is 6.84. The van der Waals surface area contributed by atoms with Gasteiger partial charge in [-0.15, -0.1) is 0 Å². The average Bonchev–Trinajstić information content (AvgIpc) is 2.70. The zero-order chi connectivity index (χ0) is 13.5. The van der Waals surface area contributed by atoms with Crippen LogP contribution < -0.4 is 10.2 Å². The minimum absolute atomic E-state index is 0.223. The summed E-state index contributed by atoms with van der Waals surface area (Å²) in [6.07, 6.45) is 6.66. The zero-order valence-corrected chi connectivity index (χ0v) is 11.8. The van der Waals surface area contributed by atoms with Gasteiger partial charge in [0.25, 0.3) is 0 Å². The molecule has 1 aromatic rings. The number of rotatable bonds is 5. The van der Waals surface area contributed by atoms with Crippen LogP contribution in [0.1, 0.15) is 38.2 Å². The van der Waals surface area contributed by atoms with Gasteiger partial charge in [-0.1, -0.05) is 25.8 Å². The van der Waals surface area contributed by atoms with Crippen molar-refractivity contribution < 1.29 is 5.11 Å². The molecule has 106 valence electrons. The van der Waals surface area contributed by atoms with Crippen molar-refractivity contribution in [2.24, 2.45) is 0 Å². The fraction of sp³-hybridized carbons (Fsp3) is 0.667. The highest BCUT2D eigenvalue weighted by atomic mass is 16.3. The van der Waals surface area contributed by atoms with Gasteiger partial charge in [0.2, 0.25) is 0 Å². The lowest BCUT2D eigenvalue weighted by atomic mass is 10.1. The molecular formula is C15H25N3O. The molecule has 2 N–H and O–H groups in total. The molecule has 2 heterocycles. The van der Waals surface area contributed by atoms with E-state index in [1.165, 1.54) is 24.8 Å². The predicted octanol–water partition coefficient (Wildman–Crippen LogP) is 1.93. The average molecular weight is 263 g/mol. The molecule has 4 nitrogen and oxygen atoms in total. The summed E-state index contributed by atoms with van der Waals surface area (Å²) in [5, 5.41) is 12.8. The van der Waals surface area contributed by atoms with Crippen LogP contribution in [-0.2, 0) is 6.54 Å². The Bertz CT molecular complexity index is 366. The van der Waals surface area contributed by atoms with Gasteiger partial charge in [0.05, 0.1) is 12.6 Å². The highest BCUT2D eigenvalue weighted by Gasteiger charge is 2.21. The van der Waals surface area contributed by atoms with Gasteiger partial charge in [-0.2, -0.15) is 0 Å². The molecule has 1 fully saturated rings. The largest absolute Gasteiger partial charge is 0.394 e. The SMILES string of the molecule is CCNCc1ccc(N2CCCCCC2CO)nc1. The van der Waals surface area contributed by atoms with Gasteiger partial charge < -0.3 is 15.3 Å². The fourth-order valence-electron chi connectivity index (χ4n) is 2.63. The Morgan fingerprint density at radius 3 is 2.95 bits per heavy atom. The number of aromatic nitrogens is 1. The maximum Gasteiger partial charge on any atom is 0.128 e. The first-order valence-corrected chi connectivity index (χ1v) is 7.38. The van der Waals surface area contributed by atoms with Crippen molar-refractivity contribution in [2.45, 2.75) is 45.2 Å². The van der Waals surface area contributed by atoms with Crippen LogP contribution in [0, 0.1) is 0 Å². The molecule has 0 aromatic carbocycles. The van der Waals surface area contributed by atoms with E-state index in [1.54, 1.807) is 0 Å². The van der Waals surface area contributed by atoms with Gasteiger partial charge in [-0.3, -0.25) is 0 Å². The second-order valence-electron chi connectivity index (χ2n) is 5.18. The molecule has 0 bridgehead atoms. The lowest BCUT2D eigenvalue weighted by Gasteiger charge is -2.29. The number of pyridine rings is 1. The summed E-state index contributed by atoms with van der Waals surface area (Å²) in [5.41, 5.74) is 1.21. The lowest BCUT2D eigenvalue weighted by molar-refractivity contribution is 0.254. The van der Waals surface area contributed by atoms with E-state index in [4.69, 9.17) is 0 Å². The van der Waals surface area contributed by atoms with Gasteiger partial charge in [0.1, 0.15) is 5.82 Å². The van der Waals surface area contributed by atoms with E-state index in [9.17, 15) is 5.11 Å². The number of nitrogens with zero attached hydrogens (tertiary/aromatic N) is 2. The van der Waals surface area contributed by atoms with Gasteiger partial charge in [0.15, 0.2) is 0 Å². The first kappa shape index (κ1) is 14.3. The normalized spacial score (nSPS) is 20.3. The Labute approximate surface area is 115 Å². The highest BCUT2D eigenvalue weighted by molar-refractivity contribution is 5.41. The minimum Gasteiger partial charge on any atom is -0.394 e. The highest BCUT2D eigenvalue weighted by Crippen LogP contribution is 2.22. The van der Waals surface area contributed by atoms with Crippen LogP contribution in [0.4, 0.5) is 5.82 Å². The molecule has 0 saturated carbocycles. The number of aliphatic hydroxyl groups excluding tert-OH is 1. The van der Waals surface area contributed by atoms with Gasteiger partial charge >= 0.3 is 0 Å². The molecule has 0 amide bonds. The van der Waals surface area contributed by atoms with E-state index in [0.29, 0.717) is 0 Å². The van der Waals surface area contributed by atoms with Crippen molar-refractivity contribution in [1.29, 1.82) is 0 Å². The summed E-state index contributed by atoms with van der Waals surface area (Å²) in [6.45, 7) is 5.17. The maximum absolute atomic E-state index is 9.54. The van der Waals surface area contributed by atoms with E-state index in [1.807, 2.05) is 6.20 Å². The second kappa shape index (κ2) is 7.46. The summed E-state index contributed by atoms with van der Waals surface area (Å²) in [6, 6.07) is 4.44. The monoisotopic (exact) mass is 263 g/mol. The van der Waals surface area contributed by atoms with Crippen molar-refractivity contribution >= 4 is 5.82 Å². The smallest absolute Gasteiger partial charge is 0.128 e. The van der Waals surface area contributed by atoms with E-state index < -0.39 is 0 Å². The first-order valence-electron chi connectivity index (χ1n) is 7.38. The molecule has 19 heavy (non-hydrogen) atoms. The van der Waals surface area contributed by atoms with Crippen LogP contribution in [0.5, 0.6) is 0 Å². The predicted molar refractivity (Wildman–Crippen MR) is 78.3 cm³/mol. The van der Waals surface area contributed by atoms with E-state index in [0.717, 1.165) is 31.9 Å². The molecule has 1 aliphatic heterocycles. The first-order chi connectivity index (χ1) is 9.35. The van der Waals surface area contributed by atoms with Crippen LogP contribution in [0.3, 0.4) is 0 Å². The van der Waals surface area contributed by atoms with E-state index >= 15 is 0 Å². The molecule has 1 aliphatic rings. The van der Waals surface area contributed by atoms with Crippen molar-refractivity contribution in [3.63, 3.8) is 0 Å². The molecule has 0 spiro atoms. The third-order valence-corrected chi connectivity index (χ3v) is 3.77. The molecule has 0 radical (unpaired) electrons. The molecule has 2 rings (SSSR count). The quantitative estimate of drug-likeness (QED) is 0.852. The molecule has 4 heteroatoms. The molecular weight excluding hydrogens is 238 g/mol. The van der Waals surface area contributed by atoms with Crippen LogP contribution >= 0.6 is 0 Å². The van der Waals surface area contributed by atoms with Crippen molar-refractivity contribution in [3.8, 4) is 0 Å². The number of hydrogen-bond donors (Lipinski definition) is 2. The fourth-order valence-corrected chi connectivity index (χ4v) is 2.63. The molecule has 1 saturated heterocycles. The Hall–Kier alpha value is -1.13. The van der Waals surface area contributed by atoms with Crippen LogP contribution in [0.25, 0.3) is 0 Å². The van der Waals surface area contributed by atoms with Crippen LogP contribution in [0.15, 0.2) is 18.3 Å². The van der Waals surface area contributed by atoms with E-state index in [2.05, 4.69) is 34.3 Å². The Balaban J connectivity index is 2.06. The Morgan fingerprint density at radius 1 is 1.37 bits per heavy atom. The third-order valence-electron chi connectivity index (χ3n) is 3.77. The maximum atomic E-state index is 9.54. The van der Waals surface area contributed by atoms with Gasteiger partial charge in [-0.25, -0.2) is 4.98 Å². The number of anilines is 1. The molecule has 0 aliphatic carbocycles. The number of nitrogens with one attached hydrogen (secondary N) is 1. The summed E-state index contributed by atoms with van der Waals surface area (Å²) >= 11 is 0. The zero-order valence-electron chi connectivity index (χ0n) is 11.8. The number of hydrogen-bond acceptors (Lipinski definition) is 4. The van der Waals surface area contributed by atoms with Crippen LogP contribution in [0.2, 0.25) is 0 Å². The second-order valence-corrected chi connectivity index (χ2v) is 5.18. The molecule has 1 atom stereocenters. The van der Waals surface area contributed by atoms with Crippen molar-refractivity contribution in [1.82, 2.24) is 10.3 Å². The summed E-state index contributed by atoms with van der Waals surface area (Å²) in [5.74, 6) is 1.00. The minimum atomic E-state index is 0.223. The van der Waals surface area contributed by atoms with Gasteiger partial charge in [0, 0.05) is 19.3 Å². The van der Waals surface area contributed by atoms with Crippen molar-refractivity contribution in [2.75, 3.05) is 24.6 Å². The summed E-state index contributed by atoms with van der Waals surface area (Å²) in [7, 11) is 0. The van der Waals surface area contributed by atoms with Crippen molar-refractivity contribution in [3.05, 3.63) is 23.9 Å². The molecule has 1 aromatic heterocycles. The topological polar surface area (TPSA) is 48.4 Å². The molecule has 1 unspecified atom stereocenters. The standard InChI is InChI=1S/C15H25N3O/c1-2-16-10-13-7-8-15(17-11-13)18-9-5-3-4-6-14(18)12-19/h7-8,11,14,16,19H,2-6,9-10,12H2,1H3. The number of aliphatic hydroxyl groups is 1. The lowest BCUT2D eigenvalue weighted by Crippen LogP contribution is -2.38. The third kappa shape index (κ3) is 3.91. The Kier molecular flexibility index (Phi) is 5.61. The van der Waals surface area contributed by atoms with E-state index in [-0.39, 0.29) is 12.6 Å². The van der Waals surface area contributed by atoms with Gasteiger partial charge in [-0.05, 0) is 31.0 Å². The Morgan fingerprint density at radius 2 is 2.26 bits per heavy atom. The van der Waals surface area contributed by atoms with Crippen LogP contribution in [-0.4, -0.2) is 35.8 Å².